The van der Waals surface area contributed by atoms with E-state index in [-0.39, 0.29) is 5.52 Å². The van der Waals surface area contributed by atoms with Crippen LogP contribution in [-0.4, -0.2) is 23.6 Å². The van der Waals surface area contributed by atoms with Gasteiger partial charge in [0.2, 0.25) is 0 Å². The number of aryl methyl sites for hydroxylation is 1. The van der Waals surface area contributed by atoms with Gasteiger partial charge in [-0.25, -0.2) is 8.78 Å². The third kappa shape index (κ3) is 3.39. The SMILES string of the molecule is CCN(CC)c1ccc(C(=O)N=c2sc3cc(F)cc(F)c3n2C)cc1. The van der Waals surface area contributed by atoms with Gasteiger partial charge in [0.05, 0.1) is 10.2 Å². The summed E-state index contributed by atoms with van der Waals surface area (Å²) in [6.07, 6.45) is 0. The van der Waals surface area contributed by atoms with Crippen LogP contribution in [0.1, 0.15) is 24.2 Å². The monoisotopic (exact) mass is 375 g/mol. The molecule has 0 unspecified atom stereocenters. The van der Waals surface area contributed by atoms with Gasteiger partial charge in [-0.05, 0) is 44.2 Å². The molecule has 26 heavy (non-hydrogen) atoms. The number of nitrogens with zero attached hydrogens (tertiary/aromatic N) is 3. The van der Waals surface area contributed by atoms with Crippen LogP contribution in [0.4, 0.5) is 14.5 Å². The lowest BCUT2D eigenvalue weighted by Gasteiger charge is -2.20. The molecule has 4 nitrogen and oxygen atoms in total. The van der Waals surface area contributed by atoms with E-state index in [0.717, 1.165) is 36.2 Å². The highest BCUT2D eigenvalue weighted by Gasteiger charge is 2.12. The number of halogens is 2. The van der Waals surface area contributed by atoms with Gasteiger partial charge in [-0.3, -0.25) is 4.79 Å². The average Bonchev–Trinajstić information content (AvgIpc) is 2.92. The predicted octanol–water partition coefficient (Wildman–Crippen LogP) is 4.11. The lowest BCUT2D eigenvalue weighted by Crippen LogP contribution is -2.21. The summed E-state index contributed by atoms with van der Waals surface area (Å²) >= 11 is 1.08. The molecule has 0 aliphatic rings. The molecule has 0 radical (unpaired) electrons. The van der Waals surface area contributed by atoms with E-state index in [9.17, 15) is 13.6 Å². The fraction of sp³-hybridized carbons (Fsp3) is 0.263. The number of thiazole rings is 1. The number of aromatic nitrogens is 1. The van der Waals surface area contributed by atoms with Crippen molar-refractivity contribution in [3.05, 3.63) is 58.4 Å². The van der Waals surface area contributed by atoms with Gasteiger partial charge < -0.3 is 9.47 Å². The van der Waals surface area contributed by atoms with E-state index in [2.05, 4.69) is 23.7 Å². The highest BCUT2D eigenvalue weighted by Crippen LogP contribution is 2.21. The van der Waals surface area contributed by atoms with Crippen LogP contribution < -0.4 is 9.70 Å². The third-order valence-electron chi connectivity index (χ3n) is 4.26. The van der Waals surface area contributed by atoms with Crippen LogP contribution in [0.15, 0.2) is 41.4 Å². The molecule has 1 heterocycles. The van der Waals surface area contributed by atoms with Crippen molar-refractivity contribution in [2.45, 2.75) is 13.8 Å². The summed E-state index contributed by atoms with van der Waals surface area (Å²) in [6.45, 7) is 5.91. The van der Waals surface area contributed by atoms with Crippen LogP contribution in [0.2, 0.25) is 0 Å². The van der Waals surface area contributed by atoms with Gasteiger partial charge in [-0.15, -0.1) is 0 Å². The summed E-state index contributed by atoms with van der Waals surface area (Å²) in [4.78, 5) is 19.0. The Hall–Kier alpha value is -2.54. The molecule has 2 aromatic carbocycles. The summed E-state index contributed by atoms with van der Waals surface area (Å²) in [5, 5.41) is 0. The standard InChI is InChI=1S/C19H19F2N3OS/c1-4-24(5-2)14-8-6-12(7-9-14)18(25)22-19-23(3)17-15(21)10-13(20)11-16(17)26-19/h6-11H,4-5H2,1-3H3. The molecule has 3 aromatic rings. The van der Waals surface area contributed by atoms with Crippen LogP contribution in [-0.2, 0) is 7.05 Å². The third-order valence-corrected chi connectivity index (χ3v) is 5.34. The largest absolute Gasteiger partial charge is 0.372 e. The van der Waals surface area contributed by atoms with Crippen molar-refractivity contribution >= 4 is 33.1 Å². The summed E-state index contributed by atoms with van der Waals surface area (Å²) in [5.41, 5.74) is 1.72. The van der Waals surface area contributed by atoms with Crippen LogP contribution >= 0.6 is 11.3 Å². The molecule has 0 aliphatic heterocycles. The summed E-state index contributed by atoms with van der Waals surface area (Å²) < 4.78 is 29.2. The first kappa shape index (κ1) is 18.3. The first-order chi connectivity index (χ1) is 12.4. The minimum Gasteiger partial charge on any atom is -0.372 e. The van der Waals surface area contributed by atoms with Crippen molar-refractivity contribution in [1.29, 1.82) is 0 Å². The van der Waals surface area contributed by atoms with Crippen molar-refractivity contribution in [3.8, 4) is 0 Å². The molecule has 0 spiro atoms. The minimum absolute atomic E-state index is 0.236. The lowest BCUT2D eigenvalue weighted by atomic mass is 10.2. The molecule has 136 valence electrons. The second-order valence-electron chi connectivity index (χ2n) is 5.81. The molecule has 1 aromatic heterocycles. The molecule has 0 aliphatic carbocycles. The van der Waals surface area contributed by atoms with E-state index < -0.39 is 17.5 Å². The number of hydrogen-bond donors (Lipinski definition) is 0. The minimum atomic E-state index is -0.670. The maximum absolute atomic E-state index is 14.0. The molecule has 3 rings (SSSR count). The Balaban J connectivity index is 1.97. The van der Waals surface area contributed by atoms with Crippen LogP contribution in [0.25, 0.3) is 10.2 Å². The highest BCUT2D eigenvalue weighted by molar-refractivity contribution is 7.16. The van der Waals surface area contributed by atoms with E-state index in [1.165, 1.54) is 10.6 Å². The smallest absolute Gasteiger partial charge is 0.279 e. The van der Waals surface area contributed by atoms with Gasteiger partial charge in [-0.2, -0.15) is 4.99 Å². The van der Waals surface area contributed by atoms with Crippen LogP contribution in [0.3, 0.4) is 0 Å². The van der Waals surface area contributed by atoms with Gasteiger partial charge >= 0.3 is 0 Å². The Morgan fingerprint density at radius 3 is 2.42 bits per heavy atom. The van der Waals surface area contributed by atoms with Gasteiger partial charge in [0.1, 0.15) is 5.82 Å². The van der Waals surface area contributed by atoms with Gasteiger partial charge in [-0.1, -0.05) is 11.3 Å². The van der Waals surface area contributed by atoms with E-state index in [4.69, 9.17) is 0 Å². The number of carbonyl (C=O) groups excluding carboxylic acids is 1. The van der Waals surface area contributed by atoms with E-state index in [1.807, 2.05) is 12.1 Å². The second kappa shape index (κ2) is 7.37. The zero-order valence-electron chi connectivity index (χ0n) is 14.8. The van der Waals surface area contributed by atoms with Gasteiger partial charge in [0.25, 0.3) is 5.91 Å². The van der Waals surface area contributed by atoms with E-state index in [1.54, 1.807) is 19.2 Å². The molecular weight excluding hydrogens is 356 g/mol. The number of anilines is 1. The Morgan fingerprint density at radius 2 is 1.81 bits per heavy atom. The normalized spacial score (nSPS) is 12.0. The number of hydrogen-bond acceptors (Lipinski definition) is 3. The fourth-order valence-electron chi connectivity index (χ4n) is 2.86. The lowest BCUT2D eigenvalue weighted by molar-refractivity contribution is 0.0998. The molecular formula is C19H19F2N3OS. The van der Waals surface area contributed by atoms with Crippen LogP contribution in [0.5, 0.6) is 0 Å². The molecule has 0 N–H and O–H groups in total. The van der Waals surface area contributed by atoms with Crippen LogP contribution in [0, 0.1) is 11.6 Å². The number of benzene rings is 2. The van der Waals surface area contributed by atoms with Crippen molar-refractivity contribution < 1.29 is 13.6 Å². The molecule has 0 atom stereocenters. The second-order valence-corrected chi connectivity index (χ2v) is 6.82. The molecule has 0 saturated carbocycles. The number of rotatable bonds is 4. The van der Waals surface area contributed by atoms with Gasteiger partial charge in [0.15, 0.2) is 10.6 Å². The summed E-state index contributed by atoms with van der Waals surface area (Å²) in [5.74, 6) is -1.74. The quantitative estimate of drug-likeness (QED) is 0.688. The molecule has 0 fully saturated rings. The number of carbonyl (C=O) groups is 1. The Bertz CT molecular complexity index is 1020. The predicted molar refractivity (Wildman–Crippen MR) is 101 cm³/mol. The Kier molecular flexibility index (Phi) is 5.18. The maximum Gasteiger partial charge on any atom is 0.279 e. The van der Waals surface area contributed by atoms with Crippen molar-refractivity contribution in [2.75, 3.05) is 18.0 Å². The van der Waals surface area contributed by atoms with Crippen molar-refractivity contribution in [1.82, 2.24) is 4.57 Å². The van der Waals surface area contributed by atoms with Crippen molar-refractivity contribution in [2.24, 2.45) is 12.0 Å². The summed E-state index contributed by atoms with van der Waals surface area (Å²) in [7, 11) is 1.61. The zero-order valence-corrected chi connectivity index (χ0v) is 15.6. The number of fused-ring (bicyclic) bond motifs is 1. The van der Waals surface area contributed by atoms with E-state index >= 15 is 0 Å². The molecule has 0 bridgehead atoms. The van der Waals surface area contributed by atoms with Crippen molar-refractivity contribution in [3.63, 3.8) is 0 Å². The van der Waals surface area contributed by atoms with Gasteiger partial charge in [0, 0.05) is 37.5 Å². The molecule has 1 amide bonds. The fourth-order valence-corrected chi connectivity index (χ4v) is 3.92. The molecule has 0 saturated heterocycles. The maximum atomic E-state index is 14.0. The van der Waals surface area contributed by atoms with E-state index in [0.29, 0.717) is 15.1 Å². The highest BCUT2D eigenvalue weighted by atomic mass is 32.1. The average molecular weight is 375 g/mol. The molecule has 7 heteroatoms. The Labute approximate surface area is 154 Å². The first-order valence-corrected chi connectivity index (χ1v) is 9.14. The zero-order chi connectivity index (χ0) is 18.8. The topological polar surface area (TPSA) is 37.6 Å². The summed E-state index contributed by atoms with van der Waals surface area (Å²) in [6, 6.07) is 9.30. The first-order valence-electron chi connectivity index (χ1n) is 8.33. The number of amides is 1. The Morgan fingerprint density at radius 1 is 1.15 bits per heavy atom.